The van der Waals surface area contributed by atoms with Crippen molar-refractivity contribution >= 4 is 12.0 Å². The number of hydrogen-bond acceptors (Lipinski definition) is 3. The van der Waals surface area contributed by atoms with Gasteiger partial charge in [0.05, 0.1) is 0 Å². The predicted molar refractivity (Wildman–Crippen MR) is 74.1 cm³/mol. The topological polar surface area (TPSA) is 49.9 Å². The van der Waals surface area contributed by atoms with E-state index in [1.165, 1.54) is 0 Å². The third-order valence-electron chi connectivity index (χ3n) is 4.38. The highest BCUT2D eigenvalue weighted by Gasteiger charge is 2.46. The Morgan fingerprint density at radius 2 is 1.45 bits per heavy atom. The zero-order chi connectivity index (χ0) is 14.5. The molecule has 3 fully saturated rings. The minimum Gasteiger partial charge on any atom is -0.444 e. The monoisotopic (exact) mass is 280 g/mol. The SMILES string of the molecule is CC(C)(C)OC(=O)N1CC2CN(C(=O)C3CC3)CC2C1. The van der Waals surface area contributed by atoms with Crippen molar-refractivity contribution in [3.63, 3.8) is 0 Å². The van der Waals surface area contributed by atoms with Gasteiger partial charge < -0.3 is 14.5 Å². The lowest BCUT2D eigenvalue weighted by atomic mass is 10.0. The Hall–Kier alpha value is -1.26. The summed E-state index contributed by atoms with van der Waals surface area (Å²) in [6.07, 6.45) is 1.91. The molecule has 0 spiro atoms. The lowest BCUT2D eigenvalue weighted by molar-refractivity contribution is -0.131. The van der Waals surface area contributed by atoms with Crippen LogP contribution in [0.3, 0.4) is 0 Å². The molecule has 2 unspecified atom stereocenters. The van der Waals surface area contributed by atoms with Crippen molar-refractivity contribution in [3.8, 4) is 0 Å². The molecule has 1 aliphatic carbocycles. The van der Waals surface area contributed by atoms with Crippen LogP contribution in [-0.2, 0) is 9.53 Å². The molecule has 2 saturated heterocycles. The zero-order valence-electron chi connectivity index (χ0n) is 12.6. The minimum absolute atomic E-state index is 0.216. The number of likely N-dealkylation sites (tertiary alicyclic amines) is 2. The average molecular weight is 280 g/mol. The molecule has 0 aromatic carbocycles. The number of rotatable bonds is 1. The van der Waals surface area contributed by atoms with Crippen LogP contribution in [0.15, 0.2) is 0 Å². The van der Waals surface area contributed by atoms with Crippen LogP contribution < -0.4 is 0 Å². The molecule has 5 heteroatoms. The van der Waals surface area contributed by atoms with Gasteiger partial charge in [-0.2, -0.15) is 0 Å². The van der Waals surface area contributed by atoms with Crippen molar-refractivity contribution in [2.45, 2.75) is 39.2 Å². The van der Waals surface area contributed by atoms with Crippen molar-refractivity contribution in [2.24, 2.45) is 17.8 Å². The highest BCUT2D eigenvalue weighted by molar-refractivity contribution is 5.81. The maximum Gasteiger partial charge on any atom is 0.410 e. The third-order valence-corrected chi connectivity index (χ3v) is 4.38. The van der Waals surface area contributed by atoms with Gasteiger partial charge >= 0.3 is 6.09 Å². The van der Waals surface area contributed by atoms with Crippen LogP contribution >= 0.6 is 0 Å². The first-order chi connectivity index (χ1) is 9.33. The standard InChI is InChI=1S/C15H24N2O3/c1-15(2,3)20-14(19)17-8-11-6-16(7-12(11)9-17)13(18)10-4-5-10/h10-12H,4-9H2,1-3H3. The van der Waals surface area contributed by atoms with Crippen molar-refractivity contribution in [2.75, 3.05) is 26.2 Å². The normalized spacial score (nSPS) is 29.6. The predicted octanol–water partition coefficient (Wildman–Crippen LogP) is 1.72. The van der Waals surface area contributed by atoms with Gasteiger partial charge in [-0.3, -0.25) is 4.79 Å². The smallest absolute Gasteiger partial charge is 0.410 e. The van der Waals surface area contributed by atoms with E-state index >= 15 is 0 Å². The molecule has 2 heterocycles. The van der Waals surface area contributed by atoms with Crippen LogP contribution in [0.5, 0.6) is 0 Å². The van der Waals surface area contributed by atoms with Gasteiger partial charge in [0.15, 0.2) is 0 Å². The van der Waals surface area contributed by atoms with E-state index in [2.05, 4.69) is 0 Å². The average Bonchev–Trinajstić information content (AvgIpc) is 2.96. The van der Waals surface area contributed by atoms with Crippen molar-refractivity contribution in [1.29, 1.82) is 0 Å². The Morgan fingerprint density at radius 3 is 1.90 bits per heavy atom. The fourth-order valence-corrected chi connectivity index (χ4v) is 3.24. The van der Waals surface area contributed by atoms with Crippen molar-refractivity contribution in [1.82, 2.24) is 9.80 Å². The number of carbonyl (C=O) groups excluding carboxylic acids is 2. The van der Waals surface area contributed by atoms with Gasteiger partial charge in [0, 0.05) is 43.9 Å². The molecular weight excluding hydrogens is 256 g/mol. The van der Waals surface area contributed by atoms with E-state index < -0.39 is 5.60 Å². The largest absolute Gasteiger partial charge is 0.444 e. The van der Waals surface area contributed by atoms with E-state index in [1.54, 1.807) is 4.90 Å². The van der Waals surface area contributed by atoms with Crippen LogP contribution in [0.2, 0.25) is 0 Å². The lowest BCUT2D eigenvalue weighted by Gasteiger charge is -2.26. The summed E-state index contributed by atoms with van der Waals surface area (Å²) in [4.78, 5) is 27.9. The summed E-state index contributed by atoms with van der Waals surface area (Å²) >= 11 is 0. The summed E-state index contributed by atoms with van der Waals surface area (Å²) in [5.41, 5.74) is -0.442. The van der Waals surface area contributed by atoms with E-state index in [-0.39, 0.29) is 6.09 Å². The van der Waals surface area contributed by atoms with Gasteiger partial charge in [0.2, 0.25) is 5.91 Å². The number of fused-ring (bicyclic) bond motifs is 1. The second kappa shape index (κ2) is 4.64. The molecule has 2 aliphatic heterocycles. The summed E-state index contributed by atoms with van der Waals surface area (Å²) in [7, 11) is 0. The Balaban J connectivity index is 1.53. The highest BCUT2D eigenvalue weighted by Crippen LogP contribution is 2.37. The molecule has 0 N–H and O–H groups in total. The molecule has 3 rings (SSSR count). The van der Waals surface area contributed by atoms with Crippen LogP contribution in [0.25, 0.3) is 0 Å². The van der Waals surface area contributed by atoms with Crippen LogP contribution in [0, 0.1) is 17.8 Å². The summed E-state index contributed by atoms with van der Waals surface area (Å²) in [6.45, 7) is 8.76. The van der Waals surface area contributed by atoms with Crippen molar-refractivity contribution in [3.05, 3.63) is 0 Å². The number of carbonyl (C=O) groups is 2. The van der Waals surface area contributed by atoms with Crippen LogP contribution in [-0.4, -0.2) is 53.6 Å². The summed E-state index contributed by atoms with van der Waals surface area (Å²) in [5, 5.41) is 0. The molecule has 20 heavy (non-hydrogen) atoms. The molecule has 2 amide bonds. The van der Waals surface area contributed by atoms with Gasteiger partial charge in [-0.15, -0.1) is 0 Å². The molecule has 0 aromatic heterocycles. The molecule has 0 radical (unpaired) electrons. The molecule has 3 aliphatic rings. The van der Waals surface area contributed by atoms with Crippen molar-refractivity contribution < 1.29 is 14.3 Å². The van der Waals surface area contributed by atoms with Crippen LogP contribution in [0.1, 0.15) is 33.6 Å². The molecule has 5 nitrogen and oxygen atoms in total. The fraction of sp³-hybridized carbons (Fsp3) is 0.867. The summed E-state index contributed by atoms with van der Waals surface area (Å²) < 4.78 is 5.42. The van der Waals surface area contributed by atoms with Crippen LogP contribution in [0.4, 0.5) is 4.79 Å². The van der Waals surface area contributed by atoms with E-state index in [0.717, 1.165) is 39.0 Å². The Labute approximate surface area is 120 Å². The molecule has 112 valence electrons. The maximum atomic E-state index is 12.1. The zero-order valence-corrected chi connectivity index (χ0v) is 12.6. The third kappa shape index (κ3) is 2.76. The van der Waals surface area contributed by atoms with E-state index in [1.807, 2.05) is 25.7 Å². The number of hydrogen-bond donors (Lipinski definition) is 0. The van der Waals surface area contributed by atoms with Gasteiger partial charge in [0.25, 0.3) is 0 Å². The second-order valence-electron chi connectivity index (χ2n) is 7.42. The first kappa shape index (κ1) is 13.7. The Morgan fingerprint density at radius 1 is 0.950 bits per heavy atom. The van der Waals surface area contributed by atoms with Gasteiger partial charge in [-0.1, -0.05) is 0 Å². The second-order valence-corrected chi connectivity index (χ2v) is 7.42. The van der Waals surface area contributed by atoms with E-state index in [4.69, 9.17) is 4.74 Å². The molecule has 0 bridgehead atoms. The molecule has 2 atom stereocenters. The summed E-state index contributed by atoms with van der Waals surface area (Å²) in [5.74, 6) is 1.51. The Bertz CT molecular complexity index is 411. The lowest BCUT2D eigenvalue weighted by Crippen LogP contribution is -2.38. The number of amides is 2. The van der Waals surface area contributed by atoms with E-state index in [0.29, 0.717) is 23.7 Å². The number of nitrogens with zero attached hydrogens (tertiary/aromatic N) is 2. The molecular formula is C15H24N2O3. The summed E-state index contributed by atoms with van der Waals surface area (Å²) in [6, 6.07) is 0. The fourth-order valence-electron chi connectivity index (χ4n) is 3.24. The number of ether oxygens (including phenoxy) is 1. The van der Waals surface area contributed by atoms with Gasteiger partial charge in [-0.25, -0.2) is 4.79 Å². The van der Waals surface area contributed by atoms with Gasteiger partial charge in [-0.05, 0) is 33.6 Å². The minimum atomic E-state index is -0.442. The van der Waals surface area contributed by atoms with E-state index in [9.17, 15) is 9.59 Å². The molecule has 1 saturated carbocycles. The first-order valence-corrected chi connectivity index (χ1v) is 7.60. The maximum absolute atomic E-state index is 12.1. The quantitative estimate of drug-likeness (QED) is 0.735. The van der Waals surface area contributed by atoms with Gasteiger partial charge in [0.1, 0.15) is 5.60 Å². The molecule has 0 aromatic rings. The highest BCUT2D eigenvalue weighted by atomic mass is 16.6. The first-order valence-electron chi connectivity index (χ1n) is 7.60. The Kier molecular flexibility index (Phi) is 3.18.